The molecule has 0 aromatic carbocycles. The van der Waals surface area contributed by atoms with E-state index in [9.17, 15) is 24.3 Å². The number of carbonyl (C=O) groups is 4. The second-order valence-corrected chi connectivity index (χ2v) is 9.48. The number of hydrogen-bond acceptors (Lipinski definition) is 6. The first-order valence-electron chi connectivity index (χ1n) is 12.1. The summed E-state index contributed by atoms with van der Waals surface area (Å²) < 4.78 is 0. The molecule has 10 nitrogen and oxygen atoms in total. The monoisotopic (exact) mass is 469 g/mol. The summed E-state index contributed by atoms with van der Waals surface area (Å²) in [6.07, 6.45) is 3.78. The molecule has 0 saturated carbocycles. The van der Waals surface area contributed by atoms with Gasteiger partial charge in [-0.3, -0.25) is 14.4 Å². The Morgan fingerprint density at radius 3 is 2.30 bits per heavy atom. The van der Waals surface area contributed by atoms with Gasteiger partial charge in [-0.15, -0.1) is 0 Å². The van der Waals surface area contributed by atoms with Crippen molar-refractivity contribution in [2.45, 2.75) is 96.8 Å². The molecular formula is C23H43N5O5. The van der Waals surface area contributed by atoms with Crippen LogP contribution in [-0.4, -0.2) is 71.0 Å². The fraction of sp³-hybridized carbons (Fsp3) is 0.826. The zero-order valence-corrected chi connectivity index (χ0v) is 20.5. The Hall–Kier alpha value is -2.20. The average molecular weight is 470 g/mol. The van der Waals surface area contributed by atoms with Crippen LogP contribution in [0.5, 0.6) is 0 Å². The first-order chi connectivity index (χ1) is 15.5. The maximum absolute atomic E-state index is 13.1. The molecule has 5 unspecified atom stereocenters. The van der Waals surface area contributed by atoms with Crippen molar-refractivity contribution >= 4 is 23.7 Å². The highest BCUT2D eigenvalue weighted by molar-refractivity contribution is 5.94. The molecule has 5 atom stereocenters. The first-order valence-corrected chi connectivity index (χ1v) is 12.1. The summed E-state index contributed by atoms with van der Waals surface area (Å²) in [5.74, 6) is -2.24. The Kier molecular flexibility index (Phi) is 12.4. The molecule has 1 fully saturated rings. The summed E-state index contributed by atoms with van der Waals surface area (Å²) in [5, 5.41) is 14.8. The van der Waals surface area contributed by atoms with E-state index in [-0.39, 0.29) is 24.2 Å². The summed E-state index contributed by atoms with van der Waals surface area (Å²) in [4.78, 5) is 52.0. The van der Waals surface area contributed by atoms with E-state index in [0.717, 1.165) is 6.42 Å². The second kappa shape index (κ2) is 14.1. The Labute approximate surface area is 197 Å². The van der Waals surface area contributed by atoms with Crippen LogP contribution < -0.4 is 22.1 Å². The molecule has 33 heavy (non-hydrogen) atoms. The molecule has 0 spiro atoms. The van der Waals surface area contributed by atoms with Gasteiger partial charge in [-0.1, -0.05) is 34.1 Å². The van der Waals surface area contributed by atoms with E-state index >= 15 is 0 Å². The average Bonchev–Trinajstić information content (AvgIpc) is 3.25. The second-order valence-electron chi connectivity index (χ2n) is 9.48. The number of carboxylic acid groups (broad SMARTS) is 1. The SMILES string of the molecule is CCC(C)C(N)C(=O)N1CCCC1C(=O)NC(CC(C)C)C(=O)NC(CCCCN)C(=O)O. The van der Waals surface area contributed by atoms with Crippen molar-refractivity contribution < 1.29 is 24.3 Å². The van der Waals surface area contributed by atoms with Crippen LogP contribution in [0.3, 0.4) is 0 Å². The Morgan fingerprint density at radius 1 is 1.09 bits per heavy atom. The predicted octanol–water partition coefficient (Wildman–Crippen LogP) is 0.580. The Balaban J connectivity index is 2.89. The van der Waals surface area contributed by atoms with E-state index in [1.165, 1.54) is 4.90 Å². The van der Waals surface area contributed by atoms with Crippen molar-refractivity contribution in [2.24, 2.45) is 23.3 Å². The largest absolute Gasteiger partial charge is 0.480 e. The van der Waals surface area contributed by atoms with Crippen molar-refractivity contribution in [2.75, 3.05) is 13.1 Å². The topological polar surface area (TPSA) is 168 Å². The zero-order chi connectivity index (χ0) is 25.1. The third-order valence-corrected chi connectivity index (χ3v) is 6.28. The molecular weight excluding hydrogens is 426 g/mol. The maximum atomic E-state index is 13.1. The van der Waals surface area contributed by atoms with E-state index in [1.54, 1.807) is 0 Å². The lowest BCUT2D eigenvalue weighted by molar-refractivity contribution is -0.143. The maximum Gasteiger partial charge on any atom is 0.326 e. The lowest BCUT2D eigenvalue weighted by Gasteiger charge is -2.30. The van der Waals surface area contributed by atoms with Crippen molar-refractivity contribution in [3.05, 3.63) is 0 Å². The van der Waals surface area contributed by atoms with E-state index in [2.05, 4.69) is 10.6 Å². The number of aliphatic carboxylic acids is 1. The highest BCUT2D eigenvalue weighted by Gasteiger charge is 2.38. The van der Waals surface area contributed by atoms with Gasteiger partial charge in [-0.2, -0.15) is 0 Å². The molecule has 3 amide bonds. The van der Waals surface area contributed by atoms with Crippen molar-refractivity contribution in [1.82, 2.24) is 15.5 Å². The number of carbonyl (C=O) groups excluding carboxylic acids is 3. The summed E-state index contributed by atoms with van der Waals surface area (Å²) in [6.45, 7) is 8.59. The minimum absolute atomic E-state index is 0.00602. The molecule has 0 aromatic heterocycles. The van der Waals surface area contributed by atoms with Crippen LogP contribution in [0.15, 0.2) is 0 Å². The van der Waals surface area contributed by atoms with E-state index in [1.807, 2.05) is 27.7 Å². The van der Waals surface area contributed by atoms with Crippen LogP contribution in [0, 0.1) is 11.8 Å². The molecule has 1 aliphatic heterocycles. The molecule has 190 valence electrons. The number of amides is 3. The van der Waals surface area contributed by atoms with Gasteiger partial charge in [0.1, 0.15) is 18.1 Å². The van der Waals surface area contributed by atoms with Crippen LogP contribution in [0.1, 0.15) is 72.6 Å². The van der Waals surface area contributed by atoms with Crippen LogP contribution in [0.2, 0.25) is 0 Å². The number of nitrogens with one attached hydrogen (secondary N) is 2. The van der Waals surface area contributed by atoms with Crippen LogP contribution in [-0.2, 0) is 19.2 Å². The fourth-order valence-electron chi connectivity index (χ4n) is 3.99. The van der Waals surface area contributed by atoms with Crippen molar-refractivity contribution in [3.63, 3.8) is 0 Å². The van der Waals surface area contributed by atoms with Gasteiger partial charge in [-0.25, -0.2) is 4.79 Å². The van der Waals surface area contributed by atoms with Gasteiger partial charge in [0.25, 0.3) is 0 Å². The quantitative estimate of drug-likeness (QED) is 0.232. The minimum atomic E-state index is -1.12. The molecule has 1 heterocycles. The van der Waals surface area contributed by atoms with Gasteiger partial charge < -0.3 is 32.1 Å². The third-order valence-electron chi connectivity index (χ3n) is 6.28. The molecule has 1 saturated heterocycles. The molecule has 7 N–H and O–H groups in total. The molecule has 0 aliphatic carbocycles. The molecule has 1 aliphatic rings. The third kappa shape index (κ3) is 8.92. The first kappa shape index (κ1) is 28.8. The number of rotatable bonds is 14. The van der Waals surface area contributed by atoms with Crippen molar-refractivity contribution in [3.8, 4) is 0 Å². The number of likely N-dealkylation sites (tertiary alicyclic amines) is 1. The standard InChI is InChI=1S/C23H43N5O5/c1-5-15(4)19(25)22(31)28-12-8-10-18(28)21(30)27-17(13-14(2)3)20(29)26-16(23(32)33)9-6-7-11-24/h14-19H,5-13,24-25H2,1-4H3,(H,26,29)(H,27,30)(H,32,33). The number of hydrogen-bond donors (Lipinski definition) is 5. The van der Waals surface area contributed by atoms with Crippen LogP contribution in [0.4, 0.5) is 0 Å². The highest BCUT2D eigenvalue weighted by Crippen LogP contribution is 2.21. The smallest absolute Gasteiger partial charge is 0.326 e. The minimum Gasteiger partial charge on any atom is -0.480 e. The summed E-state index contributed by atoms with van der Waals surface area (Å²) in [7, 11) is 0. The van der Waals surface area contributed by atoms with Crippen LogP contribution in [0.25, 0.3) is 0 Å². The van der Waals surface area contributed by atoms with E-state index in [0.29, 0.717) is 45.2 Å². The van der Waals surface area contributed by atoms with Gasteiger partial charge in [0.05, 0.1) is 6.04 Å². The van der Waals surface area contributed by atoms with Gasteiger partial charge in [0, 0.05) is 6.54 Å². The zero-order valence-electron chi connectivity index (χ0n) is 20.5. The fourth-order valence-corrected chi connectivity index (χ4v) is 3.99. The predicted molar refractivity (Wildman–Crippen MR) is 126 cm³/mol. The number of carboxylic acids is 1. The number of nitrogens with two attached hydrogens (primary N) is 2. The van der Waals surface area contributed by atoms with Gasteiger partial charge in [0.15, 0.2) is 0 Å². The number of nitrogens with zero attached hydrogens (tertiary/aromatic N) is 1. The molecule has 10 heteroatoms. The van der Waals surface area contributed by atoms with Crippen molar-refractivity contribution in [1.29, 1.82) is 0 Å². The molecule has 0 aromatic rings. The lowest BCUT2D eigenvalue weighted by Crippen LogP contribution is -2.57. The van der Waals surface area contributed by atoms with E-state index in [4.69, 9.17) is 11.5 Å². The van der Waals surface area contributed by atoms with Gasteiger partial charge in [-0.05, 0) is 56.9 Å². The summed E-state index contributed by atoms with van der Waals surface area (Å²) >= 11 is 0. The Morgan fingerprint density at radius 2 is 1.76 bits per heavy atom. The Bertz CT molecular complexity index is 672. The summed E-state index contributed by atoms with van der Waals surface area (Å²) in [6, 6.07) is -3.30. The van der Waals surface area contributed by atoms with Gasteiger partial charge >= 0.3 is 5.97 Å². The van der Waals surface area contributed by atoms with E-state index < -0.39 is 42.0 Å². The lowest BCUT2D eigenvalue weighted by atomic mass is 9.98. The summed E-state index contributed by atoms with van der Waals surface area (Å²) in [5.41, 5.74) is 11.6. The van der Waals surface area contributed by atoms with Gasteiger partial charge in [0.2, 0.25) is 17.7 Å². The highest BCUT2D eigenvalue weighted by atomic mass is 16.4. The number of unbranched alkanes of at least 4 members (excludes halogenated alkanes) is 1. The molecule has 0 radical (unpaired) electrons. The molecule has 1 rings (SSSR count). The molecule has 0 bridgehead atoms. The normalized spacial score (nSPS) is 19.6. The van der Waals surface area contributed by atoms with Crippen LogP contribution >= 0.6 is 0 Å².